The van der Waals surface area contributed by atoms with E-state index in [9.17, 15) is 8.42 Å². The fourth-order valence-electron chi connectivity index (χ4n) is 1.44. The van der Waals surface area contributed by atoms with E-state index in [4.69, 9.17) is 11.6 Å². The van der Waals surface area contributed by atoms with E-state index >= 15 is 0 Å². The summed E-state index contributed by atoms with van der Waals surface area (Å²) in [4.78, 5) is 8.05. The quantitative estimate of drug-likeness (QED) is 0.879. The lowest BCUT2D eigenvalue weighted by Gasteiger charge is -2.08. The van der Waals surface area contributed by atoms with E-state index in [1.165, 1.54) is 23.6 Å². The Kier molecular flexibility index (Phi) is 4.46. The van der Waals surface area contributed by atoms with Gasteiger partial charge in [0.05, 0.1) is 10.7 Å². The number of hydrogen-bond acceptors (Lipinski definition) is 6. The largest absolute Gasteiger partial charge is 0.369 e. The average Bonchev–Trinajstić information content (AvgIpc) is 2.76. The van der Waals surface area contributed by atoms with Gasteiger partial charge in [-0.05, 0) is 19.9 Å². The molecule has 0 radical (unpaired) electrons. The van der Waals surface area contributed by atoms with Gasteiger partial charge in [-0.3, -0.25) is 4.72 Å². The molecule has 2 aromatic rings. The first-order valence-corrected chi connectivity index (χ1v) is 8.51. The smallest absolute Gasteiger partial charge is 0.265 e. The van der Waals surface area contributed by atoms with Crippen LogP contribution in [0, 0.1) is 6.92 Å². The molecule has 2 rings (SSSR count). The lowest BCUT2D eigenvalue weighted by molar-refractivity contribution is 0.601. The molecule has 0 aliphatic rings. The Morgan fingerprint density at radius 2 is 2.20 bits per heavy atom. The number of nitrogens with one attached hydrogen (secondary N) is 2. The third kappa shape index (κ3) is 3.38. The van der Waals surface area contributed by atoms with Crippen LogP contribution in [0.5, 0.6) is 0 Å². The van der Waals surface area contributed by atoms with Gasteiger partial charge in [0, 0.05) is 18.1 Å². The predicted molar refractivity (Wildman–Crippen MR) is 81.1 cm³/mol. The average molecular weight is 333 g/mol. The first-order valence-electron chi connectivity index (χ1n) is 5.76. The summed E-state index contributed by atoms with van der Waals surface area (Å²) in [5, 5.41) is 5.27. The van der Waals surface area contributed by atoms with Crippen LogP contribution in [-0.4, -0.2) is 24.9 Å². The van der Waals surface area contributed by atoms with Crippen LogP contribution >= 0.6 is 22.9 Å². The van der Waals surface area contributed by atoms with Gasteiger partial charge >= 0.3 is 0 Å². The summed E-state index contributed by atoms with van der Waals surface area (Å²) in [6.45, 7) is 4.34. The molecule has 2 heterocycles. The molecule has 0 aromatic carbocycles. The summed E-state index contributed by atoms with van der Waals surface area (Å²) in [5.41, 5.74) is 0.756. The summed E-state index contributed by atoms with van der Waals surface area (Å²) in [5.74, 6) is 0.457. The first-order chi connectivity index (χ1) is 9.42. The van der Waals surface area contributed by atoms with Crippen LogP contribution in [0.1, 0.15) is 12.6 Å². The highest BCUT2D eigenvalue weighted by Gasteiger charge is 2.18. The normalized spacial score (nSPS) is 11.3. The minimum atomic E-state index is -3.73. The number of aromatic nitrogens is 2. The lowest BCUT2D eigenvalue weighted by Crippen LogP contribution is -2.13. The Hall–Kier alpha value is -1.38. The van der Waals surface area contributed by atoms with E-state index in [-0.39, 0.29) is 9.92 Å². The molecule has 2 aromatic heterocycles. The third-order valence-electron chi connectivity index (χ3n) is 2.31. The van der Waals surface area contributed by atoms with Crippen LogP contribution in [0.2, 0.25) is 5.02 Å². The molecule has 0 aliphatic heterocycles. The zero-order valence-electron chi connectivity index (χ0n) is 10.8. The lowest BCUT2D eigenvalue weighted by atomic mass is 10.4. The maximum absolute atomic E-state index is 12.2. The number of pyridine rings is 1. The van der Waals surface area contributed by atoms with Gasteiger partial charge in [0.2, 0.25) is 0 Å². The zero-order chi connectivity index (χ0) is 14.8. The minimum Gasteiger partial charge on any atom is -0.369 e. The summed E-state index contributed by atoms with van der Waals surface area (Å²) in [6, 6.07) is 1.36. The van der Waals surface area contributed by atoms with E-state index in [2.05, 4.69) is 20.0 Å². The van der Waals surface area contributed by atoms with Crippen molar-refractivity contribution < 1.29 is 8.42 Å². The fourth-order valence-corrected chi connectivity index (χ4v) is 3.65. The van der Waals surface area contributed by atoms with Crippen molar-refractivity contribution in [2.45, 2.75) is 18.7 Å². The second-order valence-electron chi connectivity index (χ2n) is 3.93. The van der Waals surface area contributed by atoms with Crippen molar-refractivity contribution in [3.63, 3.8) is 0 Å². The van der Waals surface area contributed by atoms with Gasteiger partial charge in [-0.15, -0.1) is 11.3 Å². The molecular formula is C11H13ClN4O2S2. The summed E-state index contributed by atoms with van der Waals surface area (Å²) in [6.07, 6.45) is 1.26. The molecule has 0 unspecified atom stereocenters. The van der Waals surface area contributed by atoms with Crippen LogP contribution in [0.4, 0.5) is 10.9 Å². The summed E-state index contributed by atoms with van der Waals surface area (Å²) < 4.78 is 26.7. The Morgan fingerprint density at radius 3 is 2.75 bits per heavy atom. The van der Waals surface area contributed by atoms with Crippen molar-refractivity contribution in [1.29, 1.82) is 0 Å². The standard InChI is InChI=1S/C11H13ClN4O2S2/c1-3-13-10-9(12)4-8(5-14-10)20(17,18)16-11-15-7(2)6-19-11/h4-6H,3H2,1-2H3,(H,13,14)(H,15,16). The number of rotatable bonds is 5. The maximum atomic E-state index is 12.2. The molecule has 0 bridgehead atoms. The van der Waals surface area contributed by atoms with Gasteiger partial charge in [0.25, 0.3) is 10.0 Å². The molecule has 108 valence electrons. The highest BCUT2D eigenvalue weighted by Crippen LogP contribution is 2.24. The predicted octanol–water partition coefficient (Wildman–Crippen LogP) is 2.73. The minimum absolute atomic E-state index is 0.00277. The van der Waals surface area contributed by atoms with Crippen LogP contribution < -0.4 is 10.0 Å². The van der Waals surface area contributed by atoms with Crippen LogP contribution in [0.15, 0.2) is 22.5 Å². The summed E-state index contributed by atoms with van der Waals surface area (Å²) >= 11 is 7.21. The number of thiazole rings is 1. The van der Waals surface area contributed by atoms with Crippen molar-refractivity contribution in [3.8, 4) is 0 Å². The summed E-state index contributed by atoms with van der Waals surface area (Å²) in [7, 11) is -3.73. The molecule has 0 amide bonds. The van der Waals surface area contributed by atoms with Crippen LogP contribution in [0.3, 0.4) is 0 Å². The van der Waals surface area contributed by atoms with Crippen molar-refractivity contribution in [2.24, 2.45) is 0 Å². The number of sulfonamides is 1. The number of hydrogen-bond donors (Lipinski definition) is 2. The second-order valence-corrected chi connectivity index (χ2v) is 6.88. The molecule has 6 nitrogen and oxygen atoms in total. The van der Waals surface area contributed by atoms with Crippen LogP contribution in [-0.2, 0) is 10.0 Å². The van der Waals surface area contributed by atoms with E-state index in [0.717, 1.165) is 5.69 Å². The van der Waals surface area contributed by atoms with Gasteiger partial charge in [0.15, 0.2) is 5.13 Å². The Bertz CT molecular complexity index is 715. The molecule has 2 N–H and O–H groups in total. The topological polar surface area (TPSA) is 84.0 Å². The Balaban J connectivity index is 2.27. The Labute approximate surface area is 126 Å². The highest BCUT2D eigenvalue weighted by molar-refractivity contribution is 7.93. The van der Waals surface area contributed by atoms with E-state index < -0.39 is 10.0 Å². The number of aryl methyl sites for hydroxylation is 1. The van der Waals surface area contributed by atoms with Crippen molar-refractivity contribution >= 4 is 43.9 Å². The fraction of sp³-hybridized carbons (Fsp3) is 0.273. The Morgan fingerprint density at radius 1 is 1.45 bits per heavy atom. The zero-order valence-corrected chi connectivity index (χ0v) is 13.2. The van der Waals surface area contributed by atoms with Gasteiger partial charge < -0.3 is 5.32 Å². The second kappa shape index (κ2) is 5.94. The molecule has 0 saturated carbocycles. The molecular weight excluding hydrogens is 320 g/mol. The van der Waals surface area contributed by atoms with Crippen molar-refractivity contribution in [2.75, 3.05) is 16.6 Å². The number of nitrogens with zero attached hydrogens (tertiary/aromatic N) is 2. The van der Waals surface area contributed by atoms with Gasteiger partial charge in [0.1, 0.15) is 10.7 Å². The monoisotopic (exact) mass is 332 g/mol. The van der Waals surface area contributed by atoms with E-state index in [0.29, 0.717) is 17.5 Å². The molecule has 0 saturated heterocycles. The first kappa shape index (κ1) is 15.0. The van der Waals surface area contributed by atoms with Crippen LogP contribution in [0.25, 0.3) is 0 Å². The van der Waals surface area contributed by atoms with Gasteiger partial charge in [-0.25, -0.2) is 18.4 Å². The molecule has 0 atom stereocenters. The van der Waals surface area contributed by atoms with E-state index in [1.54, 1.807) is 12.3 Å². The van der Waals surface area contributed by atoms with Crippen molar-refractivity contribution in [3.05, 3.63) is 28.4 Å². The van der Waals surface area contributed by atoms with E-state index in [1.807, 2.05) is 6.92 Å². The van der Waals surface area contributed by atoms with Crippen molar-refractivity contribution in [1.82, 2.24) is 9.97 Å². The molecule has 20 heavy (non-hydrogen) atoms. The SMILES string of the molecule is CCNc1ncc(S(=O)(=O)Nc2nc(C)cs2)cc1Cl. The number of halogens is 1. The third-order valence-corrected chi connectivity index (χ3v) is 4.91. The van der Waals surface area contributed by atoms with Gasteiger partial charge in [-0.1, -0.05) is 11.6 Å². The molecule has 0 spiro atoms. The highest BCUT2D eigenvalue weighted by atomic mass is 35.5. The maximum Gasteiger partial charge on any atom is 0.265 e. The van der Waals surface area contributed by atoms with Gasteiger partial charge in [-0.2, -0.15) is 0 Å². The molecule has 0 fully saturated rings. The number of anilines is 2. The molecule has 0 aliphatic carbocycles. The molecule has 9 heteroatoms.